The number of thioether (sulfide) groups is 1. The third-order valence-electron chi connectivity index (χ3n) is 7.89. The second-order valence-corrected chi connectivity index (χ2v) is 11.7. The summed E-state index contributed by atoms with van der Waals surface area (Å²) in [5, 5.41) is 4.99. The Morgan fingerprint density at radius 1 is 1.00 bits per heavy atom. The molecule has 4 aromatic rings. The van der Waals surface area contributed by atoms with Gasteiger partial charge in [-0.15, -0.1) is 11.8 Å². The molecule has 1 atom stereocenters. The zero-order valence-corrected chi connectivity index (χ0v) is 24.5. The normalized spacial score (nSPS) is 17.0. The SMILES string of the molecule is COc1ccccc1C1SCC(=O)N(CC(=O)N2CCCC2)c2c1c(-c1ccccc1)nn2-c1ccc(C)cc1C. The molecule has 2 amide bonds. The van der Waals surface area contributed by atoms with Crippen molar-refractivity contribution in [2.75, 3.05) is 37.4 Å². The molecule has 0 radical (unpaired) electrons. The van der Waals surface area contributed by atoms with E-state index in [1.54, 1.807) is 23.8 Å². The summed E-state index contributed by atoms with van der Waals surface area (Å²) in [5.74, 6) is 1.49. The summed E-state index contributed by atoms with van der Waals surface area (Å²) in [6.07, 6.45) is 1.99. The van der Waals surface area contributed by atoms with Crippen LogP contribution in [0.3, 0.4) is 0 Å². The Morgan fingerprint density at radius 3 is 2.46 bits per heavy atom. The van der Waals surface area contributed by atoms with Gasteiger partial charge in [0.15, 0.2) is 0 Å². The van der Waals surface area contributed by atoms with Crippen molar-refractivity contribution in [1.82, 2.24) is 14.7 Å². The summed E-state index contributed by atoms with van der Waals surface area (Å²) < 4.78 is 7.69. The lowest BCUT2D eigenvalue weighted by Crippen LogP contribution is -2.43. The molecule has 7 nitrogen and oxygen atoms in total. The van der Waals surface area contributed by atoms with Gasteiger partial charge in [-0.25, -0.2) is 4.68 Å². The average Bonchev–Trinajstić information content (AvgIpc) is 3.63. The van der Waals surface area contributed by atoms with E-state index in [9.17, 15) is 9.59 Å². The number of hydrogen-bond donors (Lipinski definition) is 0. The van der Waals surface area contributed by atoms with E-state index in [1.165, 1.54) is 0 Å². The number of fused-ring (bicyclic) bond motifs is 1. The van der Waals surface area contributed by atoms with Gasteiger partial charge in [0, 0.05) is 29.8 Å². The van der Waals surface area contributed by atoms with E-state index in [2.05, 4.69) is 32.0 Å². The number of amides is 2. The number of methoxy groups -OCH3 is 1. The monoisotopic (exact) mass is 566 g/mol. The van der Waals surface area contributed by atoms with Crippen LogP contribution < -0.4 is 9.64 Å². The highest BCUT2D eigenvalue weighted by molar-refractivity contribution is 8.00. The van der Waals surface area contributed by atoms with Crippen molar-refractivity contribution in [1.29, 1.82) is 0 Å². The number of carbonyl (C=O) groups is 2. The Morgan fingerprint density at radius 2 is 1.73 bits per heavy atom. The van der Waals surface area contributed by atoms with E-state index in [0.717, 1.165) is 70.9 Å². The minimum Gasteiger partial charge on any atom is -0.496 e. The highest BCUT2D eigenvalue weighted by atomic mass is 32.2. The third kappa shape index (κ3) is 5.12. The summed E-state index contributed by atoms with van der Waals surface area (Å²) in [6.45, 7) is 5.57. The molecule has 0 saturated carbocycles. The van der Waals surface area contributed by atoms with Crippen LogP contribution in [-0.2, 0) is 9.59 Å². The van der Waals surface area contributed by atoms with Crippen molar-refractivity contribution in [3.63, 3.8) is 0 Å². The number of carbonyl (C=O) groups excluding carboxylic acids is 2. The first kappa shape index (κ1) is 27.1. The van der Waals surface area contributed by atoms with E-state index in [0.29, 0.717) is 5.82 Å². The zero-order valence-electron chi connectivity index (χ0n) is 23.7. The second kappa shape index (κ2) is 11.4. The Bertz CT molecular complexity index is 1590. The molecule has 1 saturated heterocycles. The molecule has 1 unspecified atom stereocenters. The molecular weight excluding hydrogens is 532 g/mol. The van der Waals surface area contributed by atoms with Crippen molar-refractivity contribution in [2.45, 2.75) is 31.9 Å². The lowest BCUT2D eigenvalue weighted by Gasteiger charge is -2.26. The number of para-hydroxylation sites is 1. The minimum atomic E-state index is -0.244. The molecule has 210 valence electrons. The molecule has 1 fully saturated rings. The standard InChI is InChI=1S/C33H34N4O3S/c1-22-15-16-26(23(2)19-22)37-33-30(31(34-37)24-11-5-4-6-12-24)32(25-13-7-8-14-27(25)40-3)41-21-29(39)36(33)20-28(38)35-17-9-10-18-35/h4-8,11-16,19,32H,9-10,17-18,20-21H2,1-3H3. The van der Waals surface area contributed by atoms with Crippen LogP contribution in [0.15, 0.2) is 72.8 Å². The molecule has 0 spiro atoms. The zero-order chi connectivity index (χ0) is 28.5. The van der Waals surface area contributed by atoms with Gasteiger partial charge in [-0.1, -0.05) is 66.2 Å². The Balaban J connectivity index is 1.64. The topological polar surface area (TPSA) is 67.7 Å². The number of likely N-dealkylation sites (tertiary alicyclic amines) is 1. The van der Waals surface area contributed by atoms with Gasteiger partial charge in [-0.3, -0.25) is 14.5 Å². The fourth-order valence-corrected chi connectivity index (χ4v) is 7.09. The number of nitrogens with zero attached hydrogens (tertiary/aromatic N) is 4. The van der Waals surface area contributed by atoms with Crippen LogP contribution in [0.1, 0.15) is 40.3 Å². The van der Waals surface area contributed by atoms with Gasteiger partial charge in [-0.2, -0.15) is 5.10 Å². The fourth-order valence-electron chi connectivity index (χ4n) is 5.87. The van der Waals surface area contributed by atoms with Crippen LogP contribution in [0.25, 0.3) is 16.9 Å². The van der Waals surface area contributed by atoms with E-state index in [-0.39, 0.29) is 29.4 Å². The van der Waals surface area contributed by atoms with Gasteiger partial charge in [-0.05, 0) is 44.4 Å². The predicted molar refractivity (Wildman–Crippen MR) is 164 cm³/mol. The Kier molecular flexibility index (Phi) is 7.58. The number of aromatic nitrogens is 2. The molecule has 1 aromatic heterocycles. The largest absolute Gasteiger partial charge is 0.496 e. The molecule has 6 rings (SSSR count). The lowest BCUT2D eigenvalue weighted by atomic mass is 9.99. The van der Waals surface area contributed by atoms with Gasteiger partial charge in [0.05, 0.1) is 29.5 Å². The number of rotatable bonds is 6. The predicted octanol–water partition coefficient (Wildman–Crippen LogP) is 5.96. The smallest absolute Gasteiger partial charge is 0.242 e. The maximum absolute atomic E-state index is 14.0. The lowest BCUT2D eigenvalue weighted by molar-refractivity contribution is -0.130. The first-order chi connectivity index (χ1) is 20.0. The molecule has 2 aliphatic heterocycles. The minimum absolute atomic E-state index is 0.0180. The molecular formula is C33H34N4O3S. The van der Waals surface area contributed by atoms with Crippen molar-refractivity contribution in [2.24, 2.45) is 0 Å². The average molecular weight is 567 g/mol. The highest BCUT2D eigenvalue weighted by Gasteiger charge is 2.39. The molecule has 3 heterocycles. The van der Waals surface area contributed by atoms with Crippen LogP contribution in [-0.4, -0.2) is 59.0 Å². The van der Waals surface area contributed by atoms with Crippen LogP contribution >= 0.6 is 11.8 Å². The van der Waals surface area contributed by atoms with Crippen molar-refractivity contribution in [3.8, 4) is 22.7 Å². The van der Waals surface area contributed by atoms with Crippen molar-refractivity contribution < 1.29 is 14.3 Å². The molecule has 8 heteroatoms. The van der Waals surface area contributed by atoms with Gasteiger partial charge in [0.1, 0.15) is 18.1 Å². The second-order valence-electron chi connectivity index (χ2n) is 10.7. The van der Waals surface area contributed by atoms with E-state index >= 15 is 0 Å². The Labute approximate surface area is 245 Å². The number of anilines is 1. The molecule has 2 aliphatic rings. The molecule has 0 N–H and O–H groups in total. The molecule has 0 bridgehead atoms. The van der Waals surface area contributed by atoms with Gasteiger partial charge < -0.3 is 9.64 Å². The number of ether oxygens (including phenoxy) is 1. The summed E-state index contributed by atoms with van der Waals surface area (Å²) in [7, 11) is 1.67. The number of aryl methyl sites for hydroxylation is 2. The maximum atomic E-state index is 14.0. The van der Waals surface area contributed by atoms with Gasteiger partial charge >= 0.3 is 0 Å². The number of hydrogen-bond acceptors (Lipinski definition) is 5. The van der Waals surface area contributed by atoms with Crippen LogP contribution in [0, 0.1) is 13.8 Å². The number of benzene rings is 3. The van der Waals surface area contributed by atoms with Gasteiger partial charge in [0.2, 0.25) is 11.8 Å². The Hall–Kier alpha value is -4.04. The summed E-state index contributed by atoms with van der Waals surface area (Å²) in [5.41, 5.74) is 6.69. The molecule has 3 aromatic carbocycles. The van der Waals surface area contributed by atoms with E-state index < -0.39 is 0 Å². The summed E-state index contributed by atoms with van der Waals surface area (Å²) >= 11 is 1.56. The van der Waals surface area contributed by atoms with Crippen LogP contribution in [0.2, 0.25) is 0 Å². The van der Waals surface area contributed by atoms with Crippen molar-refractivity contribution in [3.05, 3.63) is 95.1 Å². The first-order valence-corrected chi connectivity index (χ1v) is 15.1. The third-order valence-corrected chi connectivity index (χ3v) is 9.13. The van der Waals surface area contributed by atoms with Crippen LogP contribution in [0.4, 0.5) is 5.82 Å². The quantitative estimate of drug-likeness (QED) is 0.288. The fraction of sp³-hybridized carbons (Fsp3) is 0.303. The van der Waals surface area contributed by atoms with Crippen LogP contribution in [0.5, 0.6) is 5.75 Å². The van der Waals surface area contributed by atoms with E-state index in [4.69, 9.17) is 9.84 Å². The van der Waals surface area contributed by atoms with E-state index in [1.807, 2.05) is 64.2 Å². The van der Waals surface area contributed by atoms with Crippen molar-refractivity contribution >= 4 is 29.4 Å². The highest BCUT2D eigenvalue weighted by Crippen LogP contribution is 2.50. The maximum Gasteiger partial charge on any atom is 0.242 e. The van der Waals surface area contributed by atoms with Gasteiger partial charge in [0.25, 0.3) is 0 Å². The summed E-state index contributed by atoms with van der Waals surface area (Å²) in [6, 6.07) is 24.3. The summed E-state index contributed by atoms with van der Waals surface area (Å²) in [4.78, 5) is 31.1. The molecule has 0 aliphatic carbocycles. The first-order valence-electron chi connectivity index (χ1n) is 14.0. The molecule has 41 heavy (non-hydrogen) atoms.